The molecule has 118 valence electrons. The van der Waals surface area contributed by atoms with Crippen LogP contribution < -0.4 is 5.73 Å². The van der Waals surface area contributed by atoms with Gasteiger partial charge in [-0.2, -0.15) is 0 Å². The number of likely N-dealkylation sites (tertiary alicyclic amines) is 1. The highest BCUT2D eigenvalue weighted by Crippen LogP contribution is 2.35. The van der Waals surface area contributed by atoms with E-state index in [0.717, 1.165) is 5.92 Å². The summed E-state index contributed by atoms with van der Waals surface area (Å²) in [6.45, 7) is 11.8. The van der Waals surface area contributed by atoms with Gasteiger partial charge in [0.05, 0.1) is 0 Å². The topological polar surface area (TPSA) is 29.3 Å². The van der Waals surface area contributed by atoms with Crippen molar-refractivity contribution >= 4 is 0 Å². The van der Waals surface area contributed by atoms with E-state index in [1.54, 1.807) is 0 Å². The highest BCUT2D eigenvalue weighted by Gasteiger charge is 2.29. The molecule has 1 aromatic carbocycles. The Bertz CT molecular complexity index is 421. The van der Waals surface area contributed by atoms with Crippen molar-refractivity contribution in [2.45, 2.75) is 59.0 Å². The van der Waals surface area contributed by atoms with Crippen LogP contribution >= 0.6 is 0 Å². The predicted octanol–water partition coefficient (Wildman–Crippen LogP) is 4.22. The van der Waals surface area contributed by atoms with E-state index in [2.05, 4.69) is 62.9 Å². The molecule has 0 bridgehead atoms. The van der Waals surface area contributed by atoms with Crippen molar-refractivity contribution in [1.82, 2.24) is 4.90 Å². The Morgan fingerprint density at radius 1 is 1.10 bits per heavy atom. The summed E-state index contributed by atoms with van der Waals surface area (Å²) in [6.07, 6.45) is 3.95. The van der Waals surface area contributed by atoms with Crippen LogP contribution in [0.1, 0.15) is 58.6 Å². The normalized spacial score (nSPS) is 24.3. The first-order valence-electron chi connectivity index (χ1n) is 8.44. The number of benzene rings is 1. The molecule has 1 heterocycles. The zero-order chi connectivity index (χ0) is 15.5. The fourth-order valence-electron chi connectivity index (χ4n) is 3.57. The first-order valence-corrected chi connectivity index (χ1v) is 8.44. The lowest BCUT2D eigenvalue weighted by Crippen LogP contribution is -2.41. The van der Waals surface area contributed by atoms with Crippen LogP contribution in [-0.2, 0) is 0 Å². The third kappa shape index (κ3) is 4.31. The minimum atomic E-state index is 0.109. The standard InChI is InChI=1S/C19H32N2/c1-15(18(20)16-9-6-5-7-10-16)21-13-8-11-17(12-14-21)19(2,3)4/h5-7,9-10,15,17-18H,8,11-14,20H2,1-4H3. The molecule has 3 atom stereocenters. The van der Waals surface area contributed by atoms with Gasteiger partial charge in [0.2, 0.25) is 0 Å². The molecule has 1 aromatic rings. The van der Waals surface area contributed by atoms with Crippen LogP contribution in [0.4, 0.5) is 0 Å². The molecule has 0 saturated carbocycles. The zero-order valence-electron chi connectivity index (χ0n) is 14.2. The van der Waals surface area contributed by atoms with Gasteiger partial charge in [0.25, 0.3) is 0 Å². The molecule has 2 heteroatoms. The van der Waals surface area contributed by atoms with E-state index in [1.807, 2.05) is 0 Å². The third-order valence-electron chi connectivity index (χ3n) is 5.27. The maximum atomic E-state index is 6.50. The summed E-state index contributed by atoms with van der Waals surface area (Å²) in [5, 5.41) is 0. The molecular weight excluding hydrogens is 256 g/mol. The zero-order valence-corrected chi connectivity index (χ0v) is 14.2. The Balaban J connectivity index is 1.99. The minimum absolute atomic E-state index is 0.109. The van der Waals surface area contributed by atoms with Crippen LogP contribution in [0, 0.1) is 11.3 Å². The number of hydrogen-bond donors (Lipinski definition) is 1. The fourth-order valence-corrected chi connectivity index (χ4v) is 3.57. The third-order valence-corrected chi connectivity index (χ3v) is 5.27. The maximum absolute atomic E-state index is 6.50. The van der Waals surface area contributed by atoms with E-state index in [4.69, 9.17) is 5.73 Å². The van der Waals surface area contributed by atoms with E-state index in [9.17, 15) is 0 Å². The average Bonchev–Trinajstić information content (AvgIpc) is 2.72. The lowest BCUT2D eigenvalue weighted by molar-refractivity contribution is 0.174. The van der Waals surface area contributed by atoms with Gasteiger partial charge >= 0.3 is 0 Å². The summed E-state index contributed by atoms with van der Waals surface area (Å²) in [7, 11) is 0. The summed E-state index contributed by atoms with van der Waals surface area (Å²) in [5.41, 5.74) is 8.18. The Kier molecular flexibility index (Phi) is 5.45. The molecule has 0 radical (unpaired) electrons. The second-order valence-electron chi connectivity index (χ2n) is 7.71. The molecule has 3 unspecified atom stereocenters. The van der Waals surface area contributed by atoms with Crippen LogP contribution in [0.5, 0.6) is 0 Å². The summed E-state index contributed by atoms with van der Waals surface area (Å²) < 4.78 is 0. The average molecular weight is 288 g/mol. The molecule has 2 nitrogen and oxygen atoms in total. The van der Waals surface area contributed by atoms with Crippen molar-refractivity contribution in [1.29, 1.82) is 0 Å². The van der Waals surface area contributed by atoms with Crippen LogP contribution in [-0.4, -0.2) is 24.0 Å². The van der Waals surface area contributed by atoms with Gasteiger partial charge in [-0.25, -0.2) is 0 Å². The second kappa shape index (κ2) is 6.93. The molecule has 21 heavy (non-hydrogen) atoms. The second-order valence-corrected chi connectivity index (χ2v) is 7.71. The van der Waals surface area contributed by atoms with Crippen LogP contribution in [0.15, 0.2) is 30.3 Å². The molecule has 1 saturated heterocycles. The van der Waals surface area contributed by atoms with E-state index >= 15 is 0 Å². The number of nitrogens with two attached hydrogens (primary N) is 1. The summed E-state index contributed by atoms with van der Waals surface area (Å²) in [5.74, 6) is 0.836. The molecule has 1 fully saturated rings. The molecule has 1 aliphatic heterocycles. The fraction of sp³-hybridized carbons (Fsp3) is 0.684. The van der Waals surface area contributed by atoms with Crippen molar-refractivity contribution in [2.75, 3.05) is 13.1 Å². The van der Waals surface area contributed by atoms with Gasteiger partial charge in [0.1, 0.15) is 0 Å². The molecule has 0 amide bonds. The van der Waals surface area contributed by atoms with E-state index < -0.39 is 0 Å². The van der Waals surface area contributed by atoms with E-state index in [-0.39, 0.29) is 6.04 Å². The molecular formula is C19H32N2. The van der Waals surface area contributed by atoms with Gasteiger partial charge in [0, 0.05) is 12.1 Å². The van der Waals surface area contributed by atoms with Gasteiger partial charge in [-0.3, -0.25) is 4.90 Å². The van der Waals surface area contributed by atoms with Crippen LogP contribution in [0.25, 0.3) is 0 Å². The van der Waals surface area contributed by atoms with Crippen LogP contribution in [0.2, 0.25) is 0 Å². The largest absolute Gasteiger partial charge is 0.323 e. The lowest BCUT2D eigenvalue weighted by Gasteiger charge is -2.33. The number of nitrogens with zero attached hydrogens (tertiary/aromatic N) is 1. The van der Waals surface area contributed by atoms with Crippen molar-refractivity contribution < 1.29 is 0 Å². The van der Waals surface area contributed by atoms with Gasteiger partial charge in [-0.15, -0.1) is 0 Å². The Morgan fingerprint density at radius 3 is 2.38 bits per heavy atom. The van der Waals surface area contributed by atoms with E-state index in [0.29, 0.717) is 11.5 Å². The smallest absolute Gasteiger partial charge is 0.0450 e. The Hall–Kier alpha value is -0.860. The monoisotopic (exact) mass is 288 g/mol. The SMILES string of the molecule is CC(C(N)c1ccccc1)N1CCCC(C(C)(C)C)CC1. The van der Waals surface area contributed by atoms with Gasteiger partial charge in [0.15, 0.2) is 0 Å². The van der Waals surface area contributed by atoms with Gasteiger partial charge in [-0.1, -0.05) is 51.1 Å². The van der Waals surface area contributed by atoms with Gasteiger partial charge in [-0.05, 0) is 56.2 Å². The van der Waals surface area contributed by atoms with Crippen molar-refractivity contribution in [2.24, 2.45) is 17.1 Å². The summed E-state index contributed by atoms with van der Waals surface area (Å²) in [4.78, 5) is 2.60. The molecule has 1 aliphatic rings. The first kappa shape index (κ1) is 16.5. The predicted molar refractivity (Wildman–Crippen MR) is 91.2 cm³/mol. The molecule has 2 rings (SSSR count). The van der Waals surface area contributed by atoms with Gasteiger partial charge < -0.3 is 5.73 Å². The first-order chi connectivity index (χ1) is 9.89. The molecule has 0 aliphatic carbocycles. The molecule has 0 spiro atoms. The number of hydrogen-bond acceptors (Lipinski definition) is 2. The van der Waals surface area contributed by atoms with Crippen molar-refractivity contribution in [3.63, 3.8) is 0 Å². The van der Waals surface area contributed by atoms with Crippen molar-refractivity contribution in [3.05, 3.63) is 35.9 Å². The summed E-state index contributed by atoms with van der Waals surface area (Å²) >= 11 is 0. The van der Waals surface area contributed by atoms with Crippen LogP contribution in [0.3, 0.4) is 0 Å². The van der Waals surface area contributed by atoms with E-state index in [1.165, 1.54) is 37.9 Å². The molecule has 2 N–H and O–H groups in total. The summed E-state index contributed by atoms with van der Waals surface area (Å²) in [6, 6.07) is 11.0. The number of rotatable bonds is 3. The molecule has 0 aromatic heterocycles. The Labute approximate surface area is 130 Å². The Morgan fingerprint density at radius 2 is 1.76 bits per heavy atom. The lowest BCUT2D eigenvalue weighted by atomic mass is 9.77. The van der Waals surface area contributed by atoms with Crippen molar-refractivity contribution in [3.8, 4) is 0 Å². The highest BCUT2D eigenvalue weighted by molar-refractivity contribution is 5.19. The quantitative estimate of drug-likeness (QED) is 0.902. The minimum Gasteiger partial charge on any atom is -0.323 e. The maximum Gasteiger partial charge on any atom is 0.0450 e. The highest BCUT2D eigenvalue weighted by atomic mass is 15.2.